The molecule has 0 saturated heterocycles. The van der Waals surface area contributed by atoms with Crippen LogP contribution in [0.15, 0.2) is 0 Å². The standard InChI is InChI=1S/C15H26O6/c1-5-8-20-14(17)13(15(18)21-9-6-2)11(4)10-12(16)19-7-3/h11,13H,5-10H2,1-4H3. The van der Waals surface area contributed by atoms with Crippen molar-refractivity contribution in [2.45, 2.75) is 47.0 Å². The summed E-state index contributed by atoms with van der Waals surface area (Å²) in [5.74, 6) is -3.35. The van der Waals surface area contributed by atoms with Crippen LogP contribution in [0.3, 0.4) is 0 Å². The number of esters is 3. The third-order valence-corrected chi connectivity index (χ3v) is 2.77. The van der Waals surface area contributed by atoms with Gasteiger partial charge < -0.3 is 14.2 Å². The van der Waals surface area contributed by atoms with Crippen LogP contribution in [0.1, 0.15) is 47.0 Å². The molecule has 0 aliphatic rings. The SMILES string of the molecule is CCCOC(=O)C(C(=O)OCCC)C(C)CC(=O)OCC. The maximum atomic E-state index is 12.0. The topological polar surface area (TPSA) is 78.9 Å². The van der Waals surface area contributed by atoms with Crippen molar-refractivity contribution in [1.29, 1.82) is 0 Å². The monoisotopic (exact) mass is 302 g/mol. The van der Waals surface area contributed by atoms with E-state index in [1.807, 2.05) is 13.8 Å². The van der Waals surface area contributed by atoms with Crippen LogP contribution in [0.5, 0.6) is 0 Å². The quantitative estimate of drug-likeness (QED) is 0.349. The molecule has 0 aromatic heterocycles. The summed E-state index contributed by atoms with van der Waals surface area (Å²) >= 11 is 0. The average molecular weight is 302 g/mol. The Balaban J connectivity index is 4.80. The van der Waals surface area contributed by atoms with E-state index in [-0.39, 0.29) is 26.2 Å². The third-order valence-electron chi connectivity index (χ3n) is 2.77. The minimum absolute atomic E-state index is 0.0268. The first-order valence-electron chi connectivity index (χ1n) is 7.46. The number of carbonyl (C=O) groups excluding carboxylic acids is 3. The van der Waals surface area contributed by atoms with Gasteiger partial charge in [0.2, 0.25) is 0 Å². The molecule has 122 valence electrons. The zero-order valence-electron chi connectivity index (χ0n) is 13.3. The van der Waals surface area contributed by atoms with Crippen LogP contribution in [-0.2, 0) is 28.6 Å². The van der Waals surface area contributed by atoms with Crippen LogP contribution in [-0.4, -0.2) is 37.7 Å². The molecular weight excluding hydrogens is 276 g/mol. The van der Waals surface area contributed by atoms with E-state index in [1.165, 1.54) is 0 Å². The Morgan fingerprint density at radius 2 is 1.33 bits per heavy atom. The van der Waals surface area contributed by atoms with Gasteiger partial charge in [0.1, 0.15) is 0 Å². The molecular formula is C15H26O6. The van der Waals surface area contributed by atoms with Gasteiger partial charge >= 0.3 is 17.9 Å². The summed E-state index contributed by atoms with van der Waals surface area (Å²) in [5, 5.41) is 0. The van der Waals surface area contributed by atoms with Crippen molar-refractivity contribution in [3.8, 4) is 0 Å². The van der Waals surface area contributed by atoms with Gasteiger partial charge in [-0.05, 0) is 25.7 Å². The Morgan fingerprint density at radius 3 is 1.71 bits per heavy atom. The lowest BCUT2D eigenvalue weighted by Gasteiger charge is -2.20. The lowest BCUT2D eigenvalue weighted by atomic mass is 9.91. The summed E-state index contributed by atoms with van der Waals surface area (Å²) in [6.07, 6.45) is 1.30. The first-order valence-corrected chi connectivity index (χ1v) is 7.46. The molecule has 6 heteroatoms. The second-order valence-corrected chi connectivity index (χ2v) is 4.80. The van der Waals surface area contributed by atoms with E-state index >= 15 is 0 Å². The Kier molecular flexibility index (Phi) is 10.3. The Morgan fingerprint density at radius 1 is 0.857 bits per heavy atom. The molecule has 0 bridgehead atoms. The van der Waals surface area contributed by atoms with Gasteiger partial charge in [-0.2, -0.15) is 0 Å². The molecule has 0 radical (unpaired) electrons. The van der Waals surface area contributed by atoms with Crippen LogP contribution in [0.2, 0.25) is 0 Å². The summed E-state index contributed by atoms with van der Waals surface area (Å²) in [6, 6.07) is 0. The van der Waals surface area contributed by atoms with Crippen molar-refractivity contribution in [3.63, 3.8) is 0 Å². The van der Waals surface area contributed by atoms with Crippen molar-refractivity contribution in [2.24, 2.45) is 11.8 Å². The molecule has 0 saturated carbocycles. The summed E-state index contributed by atoms with van der Waals surface area (Å²) in [5.41, 5.74) is 0. The van der Waals surface area contributed by atoms with Crippen molar-refractivity contribution in [3.05, 3.63) is 0 Å². The fraction of sp³-hybridized carbons (Fsp3) is 0.800. The van der Waals surface area contributed by atoms with Crippen LogP contribution < -0.4 is 0 Å². The molecule has 0 amide bonds. The highest BCUT2D eigenvalue weighted by atomic mass is 16.6. The molecule has 21 heavy (non-hydrogen) atoms. The van der Waals surface area contributed by atoms with E-state index in [0.29, 0.717) is 12.8 Å². The van der Waals surface area contributed by atoms with E-state index in [0.717, 1.165) is 0 Å². The Labute approximate surface area is 126 Å². The van der Waals surface area contributed by atoms with Crippen molar-refractivity contribution >= 4 is 17.9 Å². The second-order valence-electron chi connectivity index (χ2n) is 4.80. The predicted octanol–water partition coefficient (Wildman–Crippen LogP) is 2.10. The van der Waals surface area contributed by atoms with Gasteiger partial charge in [-0.1, -0.05) is 20.8 Å². The Hall–Kier alpha value is -1.59. The minimum atomic E-state index is -1.09. The molecule has 1 unspecified atom stereocenters. The van der Waals surface area contributed by atoms with E-state index in [1.54, 1.807) is 13.8 Å². The molecule has 1 atom stereocenters. The van der Waals surface area contributed by atoms with E-state index in [2.05, 4.69) is 0 Å². The maximum Gasteiger partial charge on any atom is 0.320 e. The molecule has 0 heterocycles. The highest BCUT2D eigenvalue weighted by Crippen LogP contribution is 2.20. The van der Waals surface area contributed by atoms with Gasteiger partial charge in [0.25, 0.3) is 0 Å². The number of hydrogen-bond acceptors (Lipinski definition) is 6. The van der Waals surface area contributed by atoms with Gasteiger partial charge in [-0.25, -0.2) is 0 Å². The highest BCUT2D eigenvalue weighted by Gasteiger charge is 2.36. The number of rotatable bonds is 10. The van der Waals surface area contributed by atoms with Crippen molar-refractivity contribution < 1.29 is 28.6 Å². The molecule has 0 fully saturated rings. The molecule has 0 aliphatic heterocycles. The van der Waals surface area contributed by atoms with Crippen molar-refractivity contribution in [1.82, 2.24) is 0 Å². The summed E-state index contributed by atoms with van der Waals surface area (Å²) in [6.45, 7) is 7.80. The molecule has 6 nitrogen and oxygen atoms in total. The first-order chi connectivity index (χ1) is 9.97. The van der Waals surface area contributed by atoms with Gasteiger partial charge in [0.15, 0.2) is 5.92 Å². The normalized spacial score (nSPS) is 11.9. The smallest absolute Gasteiger partial charge is 0.320 e. The highest BCUT2D eigenvalue weighted by molar-refractivity contribution is 5.95. The van der Waals surface area contributed by atoms with Gasteiger partial charge in [0, 0.05) is 6.42 Å². The molecule has 0 rings (SSSR count). The maximum absolute atomic E-state index is 12.0. The second kappa shape index (κ2) is 11.1. The average Bonchev–Trinajstić information content (AvgIpc) is 2.43. The van der Waals surface area contributed by atoms with Crippen molar-refractivity contribution in [2.75, 3.05) is 19.8 Å². The van der Waals surface area contributed by atoms with E-state index in [9.17, 15) is 14.4 Å². The van der Waals surface area contributed by atoms with Crippen LogP contribution in [0.25, 0.3) is 0 Å². The zero-order chi connectivity index (χ0) is 16.3. The van der Waals surface area contributed by atoms with E-state index < -0.39 is 29.7 Å². The van der Waals surface area contributed by atoms with Gasteiger partial charge in [-0.15, -0.1) is 0 Å². The predicted molar refractivity (Wildman–Crippen MR) is 76.4 cm³/mol. The summed E-state index contributed by atoms with van der Waals surface area (Å²) in [4.78, 5) is 35.5. The van der Waals surface area contributed by atoms with Crippen LogP contribution in [0.4, 0.5) is 0 Å². The van der Waals surface area contributed by atoms with Gasteiger partial charge in [0.05, 0.1) is 19.8 Å². The molecule has 0 aliphatic carbocycles. The van der Waals surface area contributed by atoms with Crippen LogP contribution >= 0.6 is 0 Å². The summed E-state index contributed by atoms with van der Waals surface area (Å²) in [7, 11) is 0. The lowest BCUT2D eigenvalue weighted by Crippen LogP contribution is -2.35. The zero-order valence-corrected chi connectivity index (χ0v) is 13.3. The molecule has 0 N–H and O–H groups in total. The van der Waals surface area contributed by atoms with Gasteiger partial charge in [-0.3, -0.25) is 14.4 Å². The first kappa shape index (κ1) is 19.4. The third kappa shape index (κ3) is 7.68. The van der Waals surface area contributed by atoms with Crippen LogP contribution in [0, 0.1) is 11.8 Å². The molecule has 0 aromatic carbocycles. The number of hydrogen-bond donors (Lipinski definition) is 0. The van der Waals surface area contributed by atoms with E-state index in [4.69, 9.17) is 14.2 Å². The molecule has 0 spiro atoms. The minimum Gasteiger partial charge on any atom is -0.466 e. The largest absolute Gasteiger partial charge is 0.466 e. The Bertz CT molecular complexity index is 319. The fourth-order valence-corrected chi connectivity index (χ4v) is 1.75. The number of ether oxygens (including phenoxy) is 3. The molecule has 0 aromatic rings. The number of carbonyl (C=O) groups is 3. The summed E-state index contributed by atoms with van der Waals surface area (Å²) < 4.78 is 14.9. The fourth-order valence-electron chi connectivity index (χ4n) is 1.75. The lowest BCUT2D eigenvalue weighted by molar-refractivity contribution is -0.165.